The third kappa shape index (κ3) is 27.4. The smallest absolute Gasteiger partial charge is 0.335 e. The van der Waals surface area contributed by atoms with Crippen molar-refractivity contribution in [3.8, 4) is 67.5 Å². The predicted octanol–water partition coefficient (Wildman–Crippen LogP) is 21.1. The van der Waals surface area contributed by atoms with Crippen LogP contribution >= 0.6 is 68.7 Å². The van der Waals surface area contributed by atoms with E-state index >= 15 is 4.39 Å². The van der Waals surface area contributed by atoms with E-state index in [-0.39, 0.29) is 75.7 Å². The molecule has 3 saturated carbocycles. The first-order valence-corrected chi connectivity index (χ1v) is 52.0. The van der Waals surface area contributed by atoms with E-state index < -0.39 is 208 Å². The molecule has 3 aliphatic heterocycles. The first-order valence-electron chi connectivity index (χ1n) is 43.0. The summed E-state index contributed by atoms with van der Waals surface area (Å²) >= 11 is 28.6. The number of benzene rings is 12. The molecular weight excluding hydrogens is 2090 g/mol. The van der Waals surface area contributed by atoms with E-state index in [4.69, 9.17) is 89.4 Å². The molecular formula is C99H81Cl6F8N5O21S4. The average Bonchev–Trinajstić information content (AvgIpc) is 1.70. The summed E-state index contributed by atoms with van der Waals surface area (Å²) in [5.74, 6) is -18.4. The molecule has 0 radical (unpaired) electrons. The molecule has 8 N–H and O–H groups in total. The number of nitrogens with zero attached hydrogens (tertiary/aromatic N) is 3. The van der Waals surface area contributed by atoms with Gasteiger partial charge >= 0.3 is 17.9 Å². The van der Waals surface area contributed by atoms with Crippen LogP contribution in [0.5, 0.6) is 23.0 Å². The maximum atomic E-state index is 15.5. The van der Waals surface area contributed by atoms with Crippen LogP contribution in [0.1, 0.15) is 110 Å². The van der Waals surface area contributed by atoms with Gasteiger partial charge in [-0.2, -0.15) is 4.31 Å². The number of sulfone groups is 2. The molecule has 0 spiro atoms. The predicted molar refractivity (Wildman–Crippen MR) is 519 cm³/mol. The van der Waals surface area contributed by atoms with E-state index in [9.17, 15) is 113 Å². The highest BCUT2D eigenvalue weighted by Gasteiger charge is 2.45. The fraction of sp³-hybridized carbons (Fsp3) is 0.202. The van der Waals surface area contributed by atoms with Crippen molar-refractivity contribution in [2.45, 2.75) is 88.9 Å². The van der Waals surface area contributed by atoms with E-state index in [1.54, 1.807) is 115 Å². The molecule has 6 fully saturated rings. The molecule has 0 atom stereocenters. The second kappa shape index (κ2) is 46.8. The van der Waals surface area contributed by atoms with E-state index in [1.165, 1.54) is 47.5 Å². The van der Waals surface area contributed by atoms with Gasteiger partial charge < -0.3 is 51.1 Å². The van der Waals surface area contributed by atoms with Crippen LogP contribution in [0, 0.1) is 64.3 Å². The standard InChI is InChI=1S/C30H25ClF2N2O6S.C23H18ClF2NO4S.C20H13ClF2O5S.C12H9F2N.C7H4Cl2O5S.C4H5ClO.C3H7N/c31-22-13-20(28(36)34-11-4-12-34)14-26(27(22)41-30(38)19-9-10-19)42(39,40)35(29(37)18-7-8-18)25-15-21(23(32)16-24(25)33)17-5-2-1-3-6-17;24-18-10-15(23(29)27-7-4-8-27)11-21(22(18)28)32(30,31)13-16-9-17(20(26)12-19(16)25)14-5-2-1-3-6-14;21-15-7-12(20(25)26)8-18(19(15)24)29(27,28)10-13-6-14(17(23)9-16(13)22)11-4-2-1-3-5-11;13-10-7-11(14)12(15)6-9(10)8-4-2-1-3-5-8;8-4-1-3(7(11)12)2-5(6(4)10)15(9,13)14;5-4(6)3-1-2-3;1-2-4-3-1/h1-3,5-6,13-16,18-19H,4,7-12H2;1-3,5-6,9-12,28H,4,7-8,13H2;1-9,24H,10H2,(H,25,26);1-7H,15H2;1-2,10H,(H,11,12);3H,1-2H2;4H,1-3H2. The Morgan fingerprint density at radius 2 is 0.720 bits per heavy atom. The highest BCUT2D eigenvalue weighted by molar-refractivity contribution is 8.13. The number of rotatable bonds is 22. The van der Waals surface area contributed by atoms with Gasteiger partial charge in [0, 0.05) is 117 Å². The lowest BCUT2D eigenvalue weighted by Crippen LogP contribution is -2.42. The number of nitrogen functional groups attached to an aromatic ring is 1. The van der Waals surface area contributed by atoms with Crippen molar-refractivity contribution in [3.05, 3.63) is 318 Å². The molecule has 3 aliphatic carbocycles. The first kappa shape index (κ1) is 109. The topological polar surface area (TPSA) is 414 Å². The van der Waals surface area contributed by atoms with E-state index in [0.29, 0.717) is 97.9 Å². The van der Waals surface area contributed by atoms with Crippen molar-refractivity contribution in [2.24, 2.45) is 17.8 Å². The number of esters is 1. The Morgan fingerprint density at radius 1 is 0.399 bits per heavy atom. The summed E-state index contributed by atoms with van der Waals surface area (Å²) in [6, 6.07) is 48.1. The number of halogens is 14. The third-order valence-corrected chi connectivity index (χ3v) is 30.2. The minimum absolute atomic E-state index is 0.00117. The van der Waals surface area contributed by atoms with Crippen LogP contribution in [0.4, 0.5) is 46.5 Å². The van der Waals surface area contributed by atoms with E-state index in [0.717, 1.165) is 86.3 Å². The van der Waals surface area contributed by atoms with Crippen LogP contribution in [0.2, 0.25) is 20.1 Å². The second-order valence-corrected chi connectivity index (χ2v) is 43.0. The summed E-state index contributed by atoms with van der Waals surface area (Å²) < 4.78 is 222. The Labute approximate surface area is 843 Å². The zero-order valence-corrected chi connectivity index (χ0v) is 82.0. The van der Waals surface area contributed by atoms with Crippen LogP contribution in [0.3, 0.4) is 0 Å². The molecule has 26 nitrogen and oxygen atoms in total. The maximum Gasteiger partial charge on any atom is 0.335 e. The second-order valence-electron chi connectivity index (χ2n) is 32.8. The zero-order chi connectivity index (χ0) is 104. The number of hydrogen-bond donors (Lipinski definition) is 7. The summed E-state index contributed by atoms with van der Waals surface area (Å²) in [6.07, 6.45) is 6.90. The van der Waals surface area contributed by atoms with Crippen LogP contribution in [0.25, 0.3) is 44.5 Å². The van der Waals surface area contributed by atoms with Gasteiger partial charge in [0.15, 0.2) is 48.5 Å². The fourth-order valence-corrected chi connectivity index (χ4v) is 20.6. The van der Waals surface area contributed by atoms with Crippen LogP contribution in [-0.2, 0) is 64.6 Å². The van der Waals surface area contributed by atoms with Gasteiger partial charge in [0.05, 0.1) is 60.0 Å². The number of sulfonamides is 1. The number of aromatic hydroxyl groups is 3. The molecule has 18 rings (SSSR count). The number of carbonyl (C=O) groups excluding carboxylic acids is 5. The van der Waals surface area contributed by atoms with Gasteiger partial charge in [-0.25, -0.2) is 78.4 Å². The van der Waals surface area contributed by atoms with Gasteiger partial charge in [0.25, 0.3) is 30.9 Å². The number of carbonyl (C=O) groups is 7. The van der Waals surface area contributed by atoms with Gasteiger partial charge in [-0.3, -0.25) is 24.0 Å². The number of nitrogens with two attached hydrogens (primary N) is 1. The molecule has 12 aromatic rings. The Hall–Kier alpha value is -12.7. The van der Waals surface area contributed by atoms with Gasteiger partial charge in [-0.05, 0) is 178 Å². The monoisotopic (exact) mass is 2170 g/mol. The van der Waals surface area contributed by atoms with Gasteiger partial charge in [0.2, 0.25) is 11.1 Å². The molecule has 6 aliphatic rings. The number of hydrogen-bond acceptors (Lipinski definition) is 21. The normalized spacial score (nSPS) is 14.0. The summed E-state index contributed by atoms with van der Waals surface area (Å²) in [7, 11) is -13.1. The minimum atomic E-state index is -5.08. The average molecular weight is 2170 g/mol. The maximum absolute atomic E-state index is 15.5. The molecule has 143 heavy (non-hydrogen) atoms. The molecule has 44 heteroatoms. The van der Waals surface area contributed by atoms with Crippen molar-refractivity contribution < 1.29 is 133 Å². The van der Waals surface area contributed by atoms with E-state index in [1.807, 2.05) is 6.07 Å². The van der Waals surface area contributed by atoms with Gasteiger partial charge in [-0.1, -0.05) is 168 Å². The number of anilines is 2. The Bertz CT molecular complexity index is 7430. The third-order valence-electron chi connectivity index (χ3n) is 22.3. The van der Waals surface area contributed by atoms with Crippen LogP contribution in [-0.4, -0.2) is 149 Å². The number of likely N-dealkylation sites (tertiary alicyclic amines) is 2. The SMILES string of the molecule is C1CNC1.Nc1cc(-c2ccccc2)c(F)cc1F.O=C(Cl)C1CC1.O=C(O)c1cc(Cl)c(O)c(S(=O)(=O)Cc2cc(-c3ccccc3)c(F)cc2F)c1.O=C(O)c1cc(Cl)c(O)c(S(=O)(=O)Cl)c1.O=C(Oc1c(Cl)cc(C(=O)N2CCC2)cc1S(=O)(=O)N(C(=O)C1CC1)c1cc(-c2ccccc2)c(F)cc1F)C1CC1.O=C(c1cc(Cl)c(O)c(S(=O)(=O)Cc2cc(-c3ccccc3)c(F)cc2F)c1)N1CCC1. The van der Waals surface area contributed by atoms with Crippen molar-refractivity contribution in [1.82, 2.24) is 15.1 Å². The Balaban J connectivity index is 0.000000162. The van der Waals surface area contributed by atoms with Crippen molar-refractivity contribution in [3.63, 3.8) is 0 Å². The first-order chi connectivity index (χ1) is 67.5. The lowest BCUT2D eigenvalue weighted by Gasteiger charge is -2.31. The molecule has 0 unspecified atom stereocenters. The molecule has 12 aromatic carbocycles. The summed E-state index contributed by atoms with van der Waals surface area (Å²) in [5.41, 5.74) is 5.19. The van der Waals surface area contributed by atoms with Gasteiger partial charge in [0.1, 0.15) is 60.3 Å². The molecule has 3 heterocycles. The summed E-state index contributed by atoms with van der Waals surface area (Å²) in [4.78, 5) is 83.7. The number of carboxylic acids is 2. The number of carboxylic acid groups (broad SMARTS) is 2. The van der Waals surface area contributed by atoms with Crippen molar-refractivity contribution in [1.29, 1.82) is 0 Å². The van der Waals surface area contributed by atoms with Crippen molar-refractivity contribution in [2.75, 3.05) is 49.3 Å². The molecule has 3 amide bonds. The fourth-order valence-electron chi connectivity index (χ4n) is 13.7. The largest absolute Gasteiger partial charge is 0.505 e. The molecule has 0 bridgehead atoms. The van der Waals surface area contributed by atoms with Crippen molar-refractivity contribution >= 4 is 160 Å². The van der Waals surface area contributed by atoms with Gasteiger partial charge in [-0.15, -0.1) is 0 Å². The highest BCUT2D eigenvalue weighted by Crippen LogP contribution is 2.46. The molecule has 750 valence electrons. The summed E-state index contributed by atoms with van der Waals surface area (Å²) in [6.45, 7) is 4.52. The van der Waals surface area contributed by atoms with Crippen LogP contribution < -0.4 is 20.1 Å². The number of ether oxygens (including phenoxy) is 1. The number of aromatic carboxylic acids is 2. The number of amides is 3. The lowest BCUT2D eigenvalue weighted by atomic mass is 10.0. The number of nitrogens with one attached hydrogen (secondary N) is 1. The summed E-state index contributed by atoms with van der Waals surface area (Å²) in [5, 5.41) is 48.7. The lowest BCUT2D eigenvalue weighted by molar-refractivity contribution is -0.136. The Morgan fingerprint density at radius 3 is 1.06 bits per heavy atom. The molecule has 0 aromatic heterocycles. The number of phenolic OH excluding ortho intramolecular Hbond substituents is 3. The minimum Gasteiger partial charge on any atom is -0.505 e. The number of phenols is 3. The zero-order valence-electron chi connectivity index (χ0n) is 74.1. The Kier molecular flexibility index (Phi) is 35.7. The van der Waals surface area contributed by atoms with E-state index in [2.05, 4.69) is 5.32 Å². The molecule has 3 saturated heterocycles. The highest BCUT2D eigenvalue weighted by atomic mass is 35.7. The quantitative estimate of drug-likeness (QED) is 0.0109. The van der Waals surface area contributed by atoms with Crippen LogP contribution in [0.15, 0.2) is 238 Å².